The highest BCUT2D eigenvalue weighted by Crippen LogP contribution is 2.65. The van der Waals surface area contributed by atoms with Crippen LogP contribution in [-0.2, 0) is 20.9 Å². The Kier molecular flexibility index (Phi) is 5.66. The van der Waals surface area contributed by atoms with Crippen LogP contribution in [0.4, 0.5) is 0 Å². The molecule has 7 heteroatoms. The van der Waals surface area contributed by atoms with Gasteiger partial charge in [0.1, 0.15) is 0 Å². The van der Waals surface area contributed by atoms with E-state index in [0.29, 0.717) is 17.8 Å². The van der Waals surface area contributed by atoms with Gasteiger partial charge in [0, 0.05) is 16.1 Å². The molecule has 1 aromatic rings. The van der Waals surface area contributed by atoms with Gasteiger partial charge in [-0.2, -0.15) is 0 Å². The number of ether oxygens (including phenoxy) is 1. The minimum Gasteiger partial charge on any atom is -0.454 e. The van der Waals surface area contributed by atoms with Crippen molar-refractivity contribution in [1.82, 2.24) is 5.32 Å². The maximum absolute atomic E-state index is 12.7. The molecular weight excluding hydrogens is 454 g/mol. The summed E-state index contributed by atoms with van der Waals surface area (Å²) in [5, 5.41) is 2.72. The van der Waals surface area contributed by atoms with E-state index in [1.165, 1.54) is 37.5 Å². The molecular formula is C22H28BrNO4S. The molecule has 4 fully saturated rings. The Hall–Kier alpha value is -1.21. The van der Waals surface area contributed by atoms with Crippen molar-refractivity contribution in [1.29, 1.82) is 0 Å². The van der Waals surface area contributed by atoms with Gasteiger partial charge in [0.25, 0.3) is 0 Å². The second-order valence-corrected chi connectivity index (χ2v) is 12.3. The topological polar surface area (TPSA) is 72.5 Å². The predicted octanol–water partition coefficient (Wildman–Crippen LogP) is 4.62. The van der Waals surface area contributed by atoms with Crippen LogP contribution >= 0.6 is 27.3 Å². The number of hydrogen-bond acceptors (Lipinski definition) is 5. The number of hydrogen-bond donors (Lipinski definition) is 1. The second-order valence-electron chi connectivity index (χ2n) is 9.46. The third-order valence-corrected chi connectivity index (χ3v) is 8.75. The smallest absolute Gasteiger partial charge is 0.307 e. The number of carbonyl (C=O) groups is 3. The van der Waals surface area contributed by atoms with E-state index in [9.17, 15) is 14.4 Å². The Morgan fingerprint density at radius 3 is 2.55 bits per heavy atom. The molecule has 0 saturated heterocycles. The number of nitrogens with one attached hydrogen (secondary N) is 1. The van der Waals surface area contributed by atoms with Gasteiger partial charge in [0.2, 0.25) is 11.7 Å². The van der Waals surface area contributed by atoms with Gasteiger partial charge in [0.05, 0.1) is 17.8 Å². The third kappa shape index (κ3) is 4.61. The largest absolute Gasteiger partial charge is 0.454 e. The molecule has 0 radical (unpaired) electrons. The van der Waals surface area contributed by atoms with E-state index >= 15 is 0 Å². The van der Waals surface area contributed by atoms with E-state index in [1.807, 2.05) is 6.07 Å². The molecule has 3 unspecified atom stereocenters. The molecule has 0 aliphatic heterocycles. The number of halogens is 1. The fraction of sp³-hybridized carbons (Fsp3) is 0.682. The lowest BCUT2D eigenvalue weighted by molar-refractivity contribution is -0.153. The van der Waals surface area contributed by atoms with E-state index in [-0.39, 0.29) is 27.4 Å². The predicted molar refractivity (Wildman–Crippen MR) is 115 cm³/mol. The Labute approximate surface area is 184 Å². The van der Waals surface area contributed by atoms with Crippen LogP contribution in [0.5, 0.6) is 0 Å². The van der Waals surface area contributed by atoms with Gasteiger partial charge in [-0.05, 0) is 74.8 Å². The van der Waals surface area contributed by atoms with Crippen LogP contribution in [-0.4, -0.2) is 28.1 Å². The van der Waals surface area contributed by atoms with Gasteiger partial charge in [0.15, 0.2) is 6.10 Å². The zero-order valence-electron chi connectivity index (χ0n) is 17.0. The number of alkyl halides is 1. The second kappa shape index (κ2) is 7.80. The van der Waals surface area contributed by atoms with E-state index in [0.717, 1.165) is 36.0 Å². The maximum atomic E-state index is 12.7. The molecule has 5 nitrogen and oxygen atoms in total. The van der Waals surface area contributed by atoms with Crippen molar-refractivity contribution >= 4 is 44.9 Å². The van der Waals surface area contributed by atoms with Crippen molar-refractivity contribution in [3.8, 4) is 0 Å². The van der Waals surface area contributed by atoms with Crippen LogP contribution in [0.15, 0.2) is 12.1 Å². The first kappa shape index (κ1) is 21.0. The third-order valence-electron chi connectivity index (χ3n) is 6.72. The minimum absolute atomic E-state index is 0.0435. The quantitative estimate of drug-likeness (QED) is 0.350. The number of Topliss-reactive ketones (excluding diaryl/α,β-unsaturated/α-hetero) is 1. The molecule has 29 heavy (non-hydrogen) atoms. The van der Waals surface area contributed by atoms with Gasteiger partial charge in [-0.3, -0.25) is 14.4 Å². The van der Waals surface area contributed by atoms with Crippen molar-refractivity contribution in [2.45, 2.75) is 75.8 Å². The fourth-order valence-corrected chi connectivity index (χ4v) is 8.63. The van der Waals surface area contributed by atoms with E-state index < -0.39 is 6.10 Å². The SMILES string of the molecule is CC(=O)NCc1ccc(C(=O)C(C)OC(=O)CC23CC4CC(CC(Br)(C4)C2)C3)s1. The highest BCUT2D eigenvalue weighted by Gasteiger charge is 2.57. The lowest BCUT2D eigenvalue weighted by Gasteiger charge is -2.60. The van der Waals surface area contributed by atoms with Crippen LogP contribution in [0.1, 0.15) is 73.3 Å². The number of carbonyl (C=O) groups excluding carboxylic acids is 3. The minimum atomic E-state index is -0.790. The average molecular weight is 482 g/mol. The lowest BCUT2D eigenvalue weighted by atomic mass is 9.49. The molecule has 4 aliphatic rings. The van der Waals surface area contributed by atoms with Crippen molar-refractivity contribution in [3.05, 3.63) is 21.9 Å². The molecule has 3 atom stereocenters. The summed E-state index contributed by atoms with van der Waals surface area (Å²) in [7, 11) is 0. The van der Waals surface area contributed by atoms with Crippen molar-refractivity contribution < 1.29 is 19.1 Å². The Bertz CT molecular complexity index is 821. The summed E-state index contributed by atoms with van der Waals surface area (Å²) in [4.78, 5) is 37.9. The Morgan fingerprint density at radius 2 is 1.93 bits per heavy atom. The average Bonchev–Trinajstić information content (AvgIpc) is 3.05. The van der Waals surface area contributed by atoms with Gasteiger partial charge in [-0.25, -0.2) is 0 Å². The summed E-state index contributed by atoms with van der Waals surface area (Å²) in [5.74, 6) is 0.897. The molecule has 4 saturated carbocycles. The Balaban J connectivity index is 1.34. The number of thiophene rings is 1. The van der Waals surface area contributed by atoms with Crippen LogP contribution in [0.25, 0.3) is 0 Å². The maximum Gasteiger partial charge on any atom is 0.307 e. The molecule has 4 bridgehead atoms. The summed E-state index contributed by atoms with van der Waals surface area (Å²) in [6.45, 7) is 3.52. The normalized spacial score (nSPS) is 33.3. The monoisotopic (exact) mass is 481 g/mol. The summed E-state index contributed by atoms with van der Waals surface area (Å²) in [6.07, 6.45) is 6.67. The fourth-order valence-electron chi connectivity index (χ4n) is 6.16. The zero-order chi connectivity index (χ0) is 20.8. The van der Waals surface area contributed by atoms with Crippen LogP contribution in [0.3, 0.4) is 0 Å². The molecule has 4 aliphatic carbocycles. The molecule has 1 N–H and O–H groups in total. The summed E-state index contributed by atoms with van der Waals surface area (Å²) < 4.78 is 5.79. The summed E-state index contributed by atoms with van der Waals surface area (Å²) in [5.41, 5.74) is 0.0435. The first-order valence-electron chi connectivity index (χ1n) is 10.4. The van der Waals surface area contributed by atoms with E-state index in [4.69, 9.17) is 4.74 Å². The van der Waals surface area contributed by atoms with Crippen LogP contribution in [0, 0.1) is 17.3 Å². The highest BCUT2D eigenvalue weighted by atomic mass is 79.9. The molecule has 158 valence electrons. The first-order chi connectivity index (χ1) is 13.7. The van der Waals surface area contributed by atoms with Crippen LogP contribution < -0.4 is 5.32 Å². The standard InChI is InChI=1S/C22H28BrNO4S/c1-13(20(27)18-4-3-17(29-18)11-24-14(2)25)28-19(26)10-21-6-15-5-16(7-21)9-22(23,8-15)12-21/h3-4,13,15-16H,5-12H2,1-2H3,(H,24,25). The zero-order valence-corrected chi connectivity index (χ0v) is 19.4. The number of esters is 1. The molecule has 1 heterocycles. The van der Waals surface area contributed by atoms with Gasteiger partial charge in [-0.15, -0.1) is 11.3 Å². The Morgan fingerprint density at radius 1 is 1.24 bits per heavy atom. The summed E-state index contributed by atoms with van der Waals surface area (Å²) in [6, 6.07) is 3.56. The number of rotatable bonds is 7. The molecule has 5 rings (SSSR count). The van der Waals surface area contributed by atoms with Gasteiger partial charge >= 0.3 is 5.97 Å². The number of ketones is 1. The first-order valence-corrected chi connectivity index (χ1v) is 12.0. The summed E-state index contributed by atoms with van der Waals surface area (Å²) >= 11 is 5.31. The molecule has 1 aromatic heterocycles. The highest BCUT2D eigenvalue weighted by molar-refractivity contribution is 9.10. The van der Waals surface area contributed by atoms with Gasteiger partial charge in [-0.1, -0.05) is 15.9 Å². The van der Waals surface area contributed by atoms with Gasteiger partial charge < -0.3 is 10.1 Å². The molecule has 0 spiro atoms. The van der Waals surface area contributed by atoms with E-state index in [2.05, 4.69) is 21.2 Å². The number of amides is 1. The lowest BCUT2D eigenvalue weighted by Crippen LogP contribution is -2.53. The van der Waals surface area contributed by atoms with Crippen molar-refractivity contribution in [2.24, 2.45) is 17.3 Å². The van der Waals surface area contributed by atoms with Crippen molar-refractivity contribution in [3.63, 3.8) is 0 Å². The molecule has 1 amide bonds. The van der Waals surface area contributed by atoms with Crippen LogP contribution in [0.2, 0.25) is 0 Å². The molecule has 0 aromatic carbocycles. The van der Waals surface area contributed by atoms with Crippen molar-refractivity contribution in [2.75, 3.05) is 0 Å². The van der Waals surface area contributed by atoms with E-state index in [1.54, 1.807) is 13.0 Å².